The largest absolute Gasteiger partial charge is 0.465 e. The molecule has 0 saturated heterocycles. The Balaban J connectivity index is 2.27. The first-order chi connectivity index (χ1) is 7.60. The standard InChI is InChI=1S/C13H14O3/c1-9(14)13(7-8-13)11-5-3-10(4-6-11)12(15)16-2/h3-6H,7-8H2,1-2H3. The molecule has 0 atom stereocenters. The summed E-state index contributed by atoms with van der Waals surface area (Å²) in [6, 6.07) is 7.12. The zero-order valence-electron chi connectivity index (χ0n) is 9.45. The van der Waals surface area contributed by atoms with Crippen molar-refractivity contribution in [3.63, 3.8) is 0 Å². The van der Waals surface area contributed by atoms with Crippen molar-refractivity contribution in [1.82, 2.24) is 0 Å². The van der Waals surface area contributed by atoms with Crippen molar-refractivity contribution in [2.24, 2.45) is 0 Å². The fraction of sp³-hybridized carbons (Fsp3) is 0.385. The van der Waals surface area contributed by atoms with Crippen LogP contribution < -0.4 is 0 Å². The van der Waals surface area contributed by atoms with Gasteiger partial charge in [0.15, 0.2) is 0 Å². The molecule has 0 aliphatic heterocycles. The van der Waals surface area contributed by atoms with Gasteiger partial charge in [0.05, 0.1) is 18.1 Å². The van der Waals surface area contributed by atoms with Gasteiger partial charge in [-0.05, 0) is 37.5 Å². The van der Waals surface area contributed by atoms with E-state index in [4.69, 9.17) is 0 Å². The van der Waals surface area contributed by atoms with Crippen molar-refractivity contribution in [3.8, 4) is 0 Å². The molecular weight excluding hydrogens is 204 g/mol. The first kappa shape index (κ1) is 10.9. The van der Waals surface area contributed by atoms with E-state index < -0.39 is 0 Å². The number of hydrogen-bond donors (Lipinski definition) is 0. The Hall–Kier alpha value is -1.64. The highest BCUT2D eigenvalue weighted by molar-refractivity contribution is 5.92. The zero-order valence-corrected chi connectivity index (χ0v) is 9.45. The van der Waals surface area contributed by atoms with E-state index >= 15 is 0 Å². The molecule has 1 aliphatic carbocycles. The number of methoxy groups -OCH3 is 1. The highest BCUT2D eigenvalue weighted by Crippen LogP contribution is 2.48. The van der Waals surface area contributed by atoms with E-state index in [9.17, 15) is 9.59 Å². The van der Waals surface area contributed by atoms with E-state index in [1.807, 2.05) is 12.1 Å². The van der Waals surface area contributed by atoms with Gasteiger partial charge < -0.3 is 4.74 Å². The number of Topliss-reactive ketones (excluding diaryl/α,β-unsaturated/α-hetero) is 1. The lowest BCUT2D eigenvalue weighted by molar-refractivity contribution is -0.119. The average Bonchev–Trinajstić information content (AvgIpc) is 3.09. The fourth-order valence-electron chi connectivity index (χ4n) is 2.01. The van der Waals surface area contributed by atoms with Crippen molar-refractivity contribution in [2.45, 2.75) is 25.2 Å². The van der Waals surface area contributed by atoms with Gasteiger partial charge in [-0.1, -0.05) is 12.1 Å². The number of carbonyl (C=O) groups is 2. The van der Waals surface area contributed by atoms with Crippen molar-refractivity contribution in [2.75, 3.05) is 7.11 Å². The van der Waals surface area contributed by atoms with Crippen molar-refractivity contribution < 1.29 is 14.3 Å². The summed E-state index contributed by atoms with van der Waals surface area (Å²) in [5, 5.41) is 0. The molecule has 1 aromatic carbocycles. The molecule has 0 unspecified atom stereocenters. The molecule has 3 nitrogen and oxygen atoms in total. The Kier molecular flexibility index (Phi) is 2.54. The maximum absolute atomic E-state index is 11.5. The molecule has 1 fully saturated rings. The Morgan fingerprint density at radius 1 is 1.19 bits per heavy atom. The summed E-state index contributed by atoms with van der Waals surface area (Å²) in [5.74, 6) is -0.141. The monoisotopic (exact) mass is 218 g/mol. The predicted molar refractivity (Wildman–Crippen MR) is 59.4 cm³/mol. The van der Waals surface area contributed by atoms with Crippen LogP contribution in [-0.4, -0.2) is 18.9 Å². The van der Waals surface area contributed by atoms with Crippen molar-refractivity contribution >= 4 is 11.8 Å². The van der Waals surface area contributed by atoms with Gasteiger partial charge in [0.25, 0.3) is 0 Å². The Bertz CT molecular complexity index is 427. The molecule has 0 aromatic heterocycles. The van der Waals surface area contributed by atoms with E-state index in [2.05, 4.69) is 4.74 Å². The second kappa shape index (κ2) is 3.74. The van der Waals surface area contributed by atoms with Crippen LogP contribution in [0, 0.1) is 0 Å². The van der Waals surface area contributed by atoms with Gasteiger partial charge >= 0.3 is 5.97 Å². The van der Waals surface area contributed by atoms with E-state index in [1.165, 1.54) is 7.11 Å². The highest BCUT2D eigenvalue weighted by atomic mass is 16.5. The van der Waals surface area contributed by atoms with Crippen molar-refractivity contribution in [3.05, 3.63) is 35.4 Å². The smallest absolute Gasteiger partial charge is 0.337 e. The van der Waals surface area contributed by atoms with E-state index in [0.717, 1.165) is 18.4 Å². The van der Waals surface area contributed by atoms with Crippen LogP contribution in [0.1, 0.15) is 35.7 Å². The SMILES string of the molecule is COC(=O)c1ccc(C2(C(C)=O)CC2)cc1. The first-order valence-electron chi connectivity index (χ1n) is 5.30. The number of carbonyl (C=O) groups excluding carboxylic acids is 2. The minimum absolute atomic E-state index is 0.207. The Morgan fingerprint density at radius 3 is 2.12 bits per heavy atom. The fourth-order valence-corrected chi connectivity index (χ4v) is 2.01. The molecule has 0 bridgehead atoms. The predicted octanol–water partition coefficient (Wildman–Crippen LogP) is 2.09. The molecule has 0 amide bonds. The van der Waals surface area contributed by atoms with Gasteiger partial charge in [-0.3, -0.25) is 4.79 Å². The van der Waals surface area contributed by atoms with Crippen LogP contribution in [0.2, 0.25) is 0 Å². The van der Waals surface area contributed by atoms with Crippen LogP contribution in [0.3, 0.4) is 0 Å². The quantitative estimate of drug-likeness (QED) is 0.730. The molecule has 84 valence electrons. The normalized spacial score (nSPS) is 16.6. The maximum atomic E-state index is 11.5. The number of benzene rings is 1. The summed E-state index contributed by atoms with van der Waals surface area (Å²) < 4.78 is 4.62. The number of esters is 1. The molecule has 0 N–H and O–H groups in total. The van der Waals surface area contributed by atoms with Crippen LogP contribution in [-0.2, 0) is 14.9 Å². The number of hydrogen-bond acceptors (Lipinski definition) is 3. The number of ether oxygens (including phenoxy) is 1. The minimum atomic E-state index is -0.348. The molecule has 16 heavy (non-hydrogen) atoms. The lowest BCUT2D eigenvalue weighted by Gasteiger charge is -2.11. The van der Waals surface area contributed by atoms with E-state index in [-0.39, 0.29) is 17.2 Å². The highest BCUT2D eigenvalue weighted by Gasteiger charge is 2.48. The third-order valence-corrected chi connectivity index (χ3v) is 3.28. The molecule has 2 rings (SSSR count). The summed E-state index contributed by atoms with van der Waals surface area (Å²) in [7, 11) is 1.36. The minimum Gasteiger partial charge on any atom is -0.465 e. The van der Waals surface area contributed by atoms with E-state index in [0.29, 0.717) is 5.56 Å². The molecule has 1 aliphatic rings. The number of ketones is 1. The van der Waals surface area contributed by atoms with Crippen LogP contribution in [0.15, 0.2) is 24.3 Å². The molecular formula is C13H14O3. The summed E-state index contributed by atoms with van der Waals surface area (Å²) >= 11 is 0. The van der Waals surface area contributed by atoms with Crippen LogP contribution in [0.5, 0.6) is 0 Å². The summed E-state index contributed by atoms with van der Waals surface area (Å²) in [4.78, 5) is 22.7. The topological polar surface area (TPSA) is 43.4 Å². The lowest BCUT2D eigenvalue weighted by atomic mass is 9.91. The molecule has 1 saturated carbocycles. The van der Waals surface area contributed by atoms with Gasteiger partial charge in [0.1, 0.15) is 5.78 Å². The third kappa shape index (κ3) is 1.62. The van der Waals surface area contributed by atoms with Gasteiger partial charge in [0, 0.05) is 0 Å². The number of rotatable bonds is 3. The summed E-state index contributed by atoms with van der Waals surface area (Å²) in [6.07, 6.45) is 1.83. The van der Waals surface area contributed by atoms with Crippen molar-refractivity contribution in [1.29, 1.82) is 0 Å². The molecule has 0 radical (unpaired) electrons. The van der Waals surface area contributed by atoms with Gasteiger partial charge in [0.2, 0.25) is 0 Å². The third-order valence-electron chi connectivity index (χ3n) is 3.28. The molecule has 1 aromatic rings. The Morgan fingerprint density at radius 2 is 1.75 bits per heavy atom. The van der Waals surface area contributed by atoms with Gasteiger partial charge in [-0.25, -0.2) is 4.79 Å². The van der Waals surface area contributed by atoms with Gasteiger partial charge in [-0.2, -0.15) is 0 Å². The second-order valence-electron chi connectivity index (χ2n) is 4.21. The Labute approximate surface area is 94.4 Å². The average molecular weight is 218 g/mol. The van der Waals surface area contributed by atoms with Crippen LogP contribution in [0.4, 0.5) is 0 Å². The van der Waals surface area contributed by atoms with E-state index in [1.54, 1.807) is 19.1 Å². The summed E-state index contributed by atoms with van der Waals surface area (Å²) in [6.45, 7) is 1.63. The van der Waals surface area contributed by atoms with Crippen LogP contribution >= 0.6 is 0 Å². The molecule has 0 spiro atoms. The second-order valence-corrected chi connectivity index (χ2v) is 4.21. The summed E-state index contributed by atoms with van der Waals surface area (Å²) in [5.41, 5.74) is 1.26. The first-order valence-corrected chi connectivity index (χ1v) is 5.30. The molecule has 0 heterocycles. The zero-order chi connectivity index (χ0) is 11.8. The lowest BCUT2D eigenvalue weighted by Crippen LogP contribution is -2.16. The van der Waals surface area contributed by atoms with Gasteiger partial charge in [-0.15, -0.1) is 0 Å². The maximum Gasteiger partial charge on any atom is 0.337 e. The molecule has 3 heteroatoms. The van der Waals surface area contributed by atoms with Crippen LogP contribution in [0.25, 0.3) is 0 Å².